The largest absolute Gasteiger partial charge is 0.375 e. The van der Waals surface area contributed by atoms with Crippen molar-refractivity contribution >= 4 is 33.3 Å². The number of fused-ring (bicyclic) bond motifs is 1. The Kier molecular flexibility index (Phi) is 5.21. The first-order chi connectivity index (χ1) is 12.5. The van der Waals surface area contributed by atoms with Gasteiger partial charge < -0.3 is 10.0 Å². The van der Waals surface area contributed by atoms with Crippen LogP contribution in [-0.4, -0.2) is 23.3 Å². The highest BCUT2D eigenvalue weighted by Gasteiger charge is 2.50. The predicted molar refractivity (Wildman–Crippen MR) is 101 cm³/mol. The number of unbranched alkanes of at least 4 members (excludes halogenated alkanes) is 1. The smallest absolute Gasteiger partial charge is 0.264 e. The molecule has 1 heterocycles. The molecule has 0 spiro atoms. The summed E-state index contributed by atoms with van der Waals surface area (Å²) in [4.78, 5) is 27.1. The monoisotopic (exact) mass is 412 g/mol. The van der Waals surface area contributed by atoms with E-state index >= 15 is 0 Å². The average Bonchev–Trinajstić information content (AvgIpc) is 2.84. The summed E-state index contributed by atoms with van der Waals surface area (Å²) in [6.07, 6.45) is 0.502. The number of ketones is 1. The normalized spacial score (nSPS) is 18.5. The SMILES string of the molecule is N#CCCCN1C(=O)[C@@](O)(CC(=O)c2cccc(Br)c2)c2ccccc21. The van der Waals surface area contributed by atoms with E-state index in [0.29, 0.717) is 36.2 Å². The van der Waals surface area contributed by atoms with Crippen molar-refractivity contribution < 1.29 is 14.7 Å². The van der Waals surface area contributed by atoms with E-state index in [4.69, 9.17) is 5.26 Å². The molecular weight excluding hydrogens is 396 g/mol. The molecule has 132 valence electrons. The molecule has 1 N–H and O–H groups in total. The highest BCUT2D eigenvalue weighted by molar-refractivity contribution is 9.10. The van der Waals surface area contributed by atoms with Crippen LogP contribution in [0.4, 0.5) is 5.69 Å². The van der Waals surface area contributed by atoms with Gasteiger partial charge in [0.05, 0.1) is 18.2 Å². The average molecular weight is 413 g/mol. The van der Waals surface area contributed by atoms with Gasteiger partial charge in [0, 0.05) is 28.6 Å². The van der Waals surface area contributed by atoms with Gasteiger partial charge in [-0.15, -0.1) is 0 Å². The highest BCUT2D eigenvalue weighted by atomic mass is 79.9. The van der Waals surface area contributed by atoms with E-state index in [2.05, 4.69) is 22.0 Å². The topological polar surface area (TPSA) is 81.4 Å². The van der Waals surface area contributed by atoms with Crippen LogP contribution in [0.25, 0.3) is 0 Å². The Labute approximate surface area is 160 Å². The number of para-hydroxylation sites is 1. The van der Waals surface area contributed by atoms with Gasteiger partial charge in [-0.05, 0) is 24.6 Å². The van der Waals surface area contributed by atoms with Crippen LogP contribution in [0.3, 0.4) is 0 Å². The minimum atomic E-state index is -1.89. The molecule has 0 saturated heterocycles. The minimum absolute atomic E-state index is 0.309. The number of carbonyl (C=O) groups excluding carboxylic acids is 2. The van der Waals surface area contributed by atoms with E-state index in [-0.39, 0.29) is 12.2 Å². The number of carbonyl (C=O) groups is 2. The lowest BCUT2D eigenvalue weighted by atomic mass is 9.88. The van der Waals surface area contributed by atoms with Crippen molar-refractivity contribution in [3.63, 3.8) is 0 Å². The molecule has 0 radical (unpaired) electrons. The van der Waals surface area contributed by atoms with E-state index in [1.165, 1.54) is 4.90 Å². The molecule has 1 aliphatic heterocycles. The van der Waals surface area contributed by atoms with Gasteiger partial charge in [0.25, 0.3) is 5.91 Å². The lowest BCUT2D eigenvalue weighted by molar-refractivity contribution is -0.135. The molecule has 3 rings (SSSR count). The lowest BCUT2D eigenvalue weighted by Gasteiger charge is -2.22. The van der Waals surface area contributed by atoms with E-state index in [1.54, 1.807) is 48.5 Å². The number of anilines is 1. The first-order valence-corrected chi connectivity index (χ1v) is 9.06. The van der Waals surface area contributed by atoms with Gasteiger partial charge in [0.15, 0.2) is 11.4 Å². The van der Waals surface area contributed by atoms with Crippen LogP contribution < -0.4 is 4.90 Å². The summed E-state index contributed by atoms with van der Waals surface area (Å²) < 4.78 is 0.756. The number of Topliss-reactive ketones (excluding diaryl/α,β-unsaturated/α-hetero) is 1. The molecule has 26 heavy (non-hydrogen) atoms. The molecule has 0 bridgehead atoms. The maximum absolute atomic E-state index is 12.9. The summed E-state index contributed by atoms with van der Waals surface area (Å²) in [6.45, 7) is 0.330. The van der Waals surface area contributed by atoms with Gasteiger partial charge in [-0.1, -0.05) is 46.3 Å². The molecule has 2 aromatic carbocycles. The second kappa shape index (κ2) is 7.40. The zero-order chi connectivity index (χ0) is 18.7. The molecule has 1 aliphatic rings. The molecule has 2 aromatic rings. The van der Waals surface area contributed by atoms with Gasteiger partial charge in [-0.25, -0.2) is 0 Å². The number of halogens is 1. The van der Waals surface area contributed by atoms with Gasteiger partial charge >= 0.3 is 0 Å². The van der Waals surface area contributed by atoms with Gasteiger partial charge in [-0.2, -0.15) is 5.26 Å². The first kappa shape index (κ1) is 18.3. The van der Waals surface area contributed by atoms with Crippen molar-refractivity contribution in [3.05, 3.63) is 64.1 Å². The number of nitrogens with zero attached hydrogens (tertiary/aromatic N) is 2. The number of hydrogen-bond donors (Lipinski definition) is 1. The van der Waals surface area contributed by atoms with Crippen molar-refractivity contribution in [2.24, 2.45) is 0 Å². The van der Waals surface area contributed by atoms with Crippen LogP contribution in [0.1, 0.15) is 35.2 Å². The summed E-state index contributed by atoms with van der Waals surface area (Å²) in [5.74, 6) is -0.823. The summed E-state index contributed by atoms with van der Waals surface area (Å²) >= 11 is 3.32. The molecule has 1 amide bonds. The molecule has 0 aliphatic carbocycles. The second-order valence-electron chi connectivity index (χ2n) is 6.21. The maximum atomic E-state index is 12.9. The third-order valence-corrected chi connectivity index (χ3v) is 4.97. The number of hydrogen-bond acceptors (Lipinski definition) is 4. The Hall–Kier alpha value is -2.49. The highest BCUT2D eigenvalue weighted by Crippen LogP contribution is 2.43. The van der Waals surface area contributed by atoms with Gasteiger partial charge in [-0.3, -0.25) is 9.59 Å². The van der Waals surface area contributed by atoms with Crippen LogP contribution in [0, 0.1) is 11.3 Å². The van der Waals surface area contributed by atoms with Crippen molar-refractivity contribution in [1.82, 2.24) is 0 Å². The molecular formula is C20H17BrN2O3. The molecule has 5 nitrogen and oxygen atoms in total. The van der Waals surface area contributed by atoms with E-state index in [1.807, 2.05) is 0 Å². The van der Waals surface area contributed by atoms with Crippen molar-refractivity contribution in [2.75, 3.05) is 11.4 Å². The van der Waals surface area contributed by atoms with E-state index in [9.17, 15) is 14.7 Å². The molecule has 0 fully saturated rings. The number of benzene rings is 2. The summed E-state index contributed by atoms with van der Waals surface area (Å²) in [5.41, 5.74) is -0.422. The number of aliphatic hydroxyl groups is 1. The zero-order valence-electron chi connectivity index (χ0n) is 14.0. The molecule has 0 saturated carbocycles. The summed E-state index contributed by atoms with van der Waals surface area (Å²) in [6, 6.07) is 15.9. The predicted octanol–water partition coefficient (Wildman–Crippen LogP) is 3.56. The van der Waals surface area contributed by atoms with Crippen LogP contribution in [0.5, 0.6) is 0 Å². The fourth-order valence-corrected chi connectivity index (χ4v) is 3.61. The van der Waals surface area contributed by atoms with Gasteiger partial charge in [0.2, 0.25) is 0 Å². The molecule has 1 atom stereocenters. The summed E-state index contributed by atoms with van der Waals surface area (Å²) in [7, 11) is 0. The van der Waals surface area contributed by atoms with Crippen LogP contribution in [0.15, 0.2) is 53.0 Å². The lowest BCUT2D eigenvalue weighted by Crippen LogP contribution is -2.42. The van der Waals surface area contributed by atoms with Crippen molar-refractivity contribution in [2.45, 2.75) is 24.9 Å². The fraction of sp³-hybridized carbons (Fsp3) is 0.250. The Morgan fingerprint density at radius 1 is 1.23 bits per heavy atom. The van der Waals surface area contributed by atoms with Crippen LogP contribution in [-0.2, 0) is 10.4 Å². The molecule has 0 unspecified atom stereocenters. The zero-order valence-corrected chi connectivity index (χ0v) is 15.6. The fourth-order valence-electron chi connectivity index (χ4n) is 3.21. The number of amides is 1. The van der Waals surface area contributed by atoms with Crippen LogP contribution >= 0.6 is 15.9 Å². The van der Waals surface area contributed by atoms with Gasteiger partial charge in [0.1, 0.15) is 0 Å². The standard InChI is InChI=1S/C20H17BrN2O3/c21-15-7-5-6-14(12-15)18(24)13-20(26)16-8-1-2-9-17(16)23(19(20)25)11-4-3-10-22/h1-2,5-9,12,26H,3-4,11,13H2/t20-/m1/s1. The third kappa shape index (κ3) is 3.28. The maximum Gasteiger partial charge on any atom is 0.264 e. The molecule has 6 heteroatoms. The first-order valence-electron chi connectivity index (χ1n) is 8.27. The minimum Gasteiger partial charge on any atom is -0.375 e. The quantitative estimate of drug-likeness (QED) is 0.580. The van der Waals surface area contributed by atoms with Crippen molar-refractivity contribution in [1.29, 1.82) is 5.26 Å². The van der Waals surface area contributed by atoms with E-state index < -0.39 is 11.5 Å². The van der Waals surface area contributed by atoms with E-state index in [0.717, 1.165) is 4.47 Å². The number of nitriles is 1. The molecule has 0 aromatic heterocycles. The number of rotatable bonds is 6. The van der Waals surface area contributed by atoms with Crippen molar-refractivity contribution in [3.8, 4) is 6.07 Å². The third-order valence-electron chi connectivity index (χ3n) is 4.47. The second-order valence-corrected chi connectivity index (χ2v) is 7.12. The summed E-state index contributed by atoms with van der Waals surface area (Å²) in [5, 5.41) is 19.9. The Balaban J connectivity index is 1.91. The van der Waals surface area contributed by atoms with Crippen LogP contribution in [0.2, 0.25) is 0 Å². The Morgan fingerprint density at radius 3 is 2.73 bits per heavy atom. The Morgan fingerprint density at radius 2 is 2.00 bits per heavy atom. The Bertz CT molecular complexity index is 906.